The van der Waals surface area contributed by atoms with Gasteiger partial charge >= 0.3 is 16.0 Å². The normalized spacial score (nSPS) is 11.7. The molecule has 0 fully saturated rings. The van der Waals surface area contributed by atoms with Crippen LogP contribution >= 0.6 is 11.6 Å². The quantitative estimate of drug-likeness (QED) is 0.686. The summed E-state index contributed by atoms with van der Waals surface area (Å²) in [5.74, 6) is -1.16. The number of aromatic nitrogens is 4. The number of para-hydroxylation sites is 1. The molecule has 0 aliphatic carbocycles. The van der Waals surface area contributed by atoms with Crippen LogP contribution in [0.25, 0.3) is 5.78 Å². The highest BCUT2D eigenvalue weighted by atomic mass is 35.5. The number of hydrogen-bond donors (Lipinski definition) is 1. The summed E-state index contributed by atoms with van der Waals surface area (Å²) in [6.45, 7) is 5.02. The lowest BCUT2D eigenvalue weighted by molar-refractivity contribution is 0.0697. The van der Waals surface area contributed by atoms with E-state index in [9.17, 15) is 18.3 Å². The summed E-state index contributed by atoms with van der Waals surface area (Å²) in [5.41, 5.74) is 0.970. The molecule has 3 rings (SSSR count). The Morgan fingerprint density at radius 1 is 1.30 bits per heavy atom. The van der Waals surface area contributed by atoms with Gasteiger partial charge in [0.15, 0.2) is 0 Å². The molecule has 0 unspecified atom stereocenters. The van der Waals surface area contributed by atoms with E-state index >= 15 is 0 Å². The van der Waals surface area contributed by atoms with Crippen LogP contribution < -0.4 is 4.31 Å². The fourth-order valence-corrected chi connectivity index (χ4v) is 4.43. The van der Waals surface area contributed by atoms with Gasteiger partial charge in [0, 0.05) is 17.9 Å². The summed E-state index contributed by atoms with van der Waals surface area (Å²) < 4.78 is 28.5. The molecule has 9 nitrogen and oxygen atoms in total. The average Bonchev–Trinajstić information content (AvgIpc) is 3.01. The number of carboxylic acid groups (broad SMARTS) is 1. The maximum Gasteiger partial charge on any atom is 0.337 e. The molecule has 2 heterocycles. The van der Waals surface area contributed by atoms with Crippen molar-refractivity contribution in [2.45, 2.75) is 25.9 Å². The van der Waals surface area contributed by atoms with Crippen LogP contribution in [0.4, 0.5) is 5.69 Å². The highest BCUT2D eigenvalue weighted by Gasteiger charge is 2.33. The summed E-state index contributed by atoms with van der Waals surface area (Å²) in [6, 6.07) is 5.89. The van der Waals surface area contributed by atoms with Crippen molar-refractivity contribution in [2.24, 2.45) is 0 Å². The zero-order valence-corrected chi connectivity index (χ0v) is 16.3. The van der Waals surface area contributed by atoms with Crippen LogP contribution in [0.15, 0.2) is 29.4 Å². The van der Waals surface area contributed by atoms with Crippen LogP contribution in [0.5, 0.6) is 0 Å². The molecular formula is C16H16ClN5O4S. The molecule has 0 radical (unpaired) electrons. The molecule has 27 heavy (non-hydrogen) atoms. The molecule has 0 atom stereocenters. The zero-order chi connectivity index (χ0) is 19.9. The van der Waals surface area contributed by atoms with E-state index in [0.29, 0.717) is 11.4 Å². The number of nitrogens with zero attached hydrogens (tertiary/aromatic N) is 5. The van der Waals surface area contributed by atoms with Gasteiger partial charge in [0.2, 0.25) is 0 Å². The number of hydrogen-bond acceptors (Lipinski definition) is 6. The van der Waals surface area contributed by atoms with Gasteiger partial charge < -0.3 is 5.11 Å². The molecule has 0 aliphatic heterocycles. The second-order valence-electron chi connectivity index (χ2n) is 5.76. The third kappa shape index (κ3) is 3.21. The topological polar surface area (TPSA) is 118 Å². The molecule has 0 spiro atoms. The van der Waals surface area contributed by atoms with Crippen molar-refractivity contribution in [3.8, 4) is 0 Å². The van der Waals surface area contributed by atoms with Gasteiger partial charge in [-0.05, 0) is 39.0 Å². The SMILES string of the molecule is CCN(c1c(Cl)cccc1C(=O)O)S(=O)(=O)c1nc2nc(C)cc(C)n2n1. The minimum atomic E-state index is -4.27. The highest BCUT2D eigenvalue weighted by molar-refractivity contribution is 7.92. The average molecular weight is 410 g/mol. The van der Waals surface area contributed by atoms with Crippen molar-refractivity contribution in [1.29, 1.82) is 0 Å². The van der Waals surface area contributed by atoms with E-state index in [4.69, 9.17) is 11.6 Å². The number of sulfonamides is 1. The van der Waals surface area contributed by atoms with E-state index in [1.54, 1.807) is 26.8 Å². The van der Waals surface area contributed by atoms with E-state index in [2.05, 4.69) is 15.1 Å². The molecule has 0 amide bonds. The Hall–Kier alpha value is -2.72. The van der Waals surface area contributed by atoms with Gasteiger partial charge in [-0.15, -0.1) is 5.10 Å². The lowest BCUT2D eigenvalue weighted by Crippen LogP contribution is -2.33. The molecule has 3 aromatic rings. The van der Waals surface area contributed by atoms with Crippen molar-refractivity contribution in [3.63, 3.8) is 0 Å². The summed E-state index contributed by atoms with van der Waals surface area (Å²) in [5, 5.41) is 13.0. The lowest BCUT2D eigenvalue weighted by Gasteiger charge is -2.23. The van der Waals surface area contributed by atoms with Gasteiger partial charge in [-0.3, -0.25) is 4.31 Å². The number of aryl methyl sites for hydroxylation is 2. The van der Waals surface area contributed by atoms with Crippen molar-refractivity contribution in [1.82, 2.24) is 19.6 Å². The Labute approximate surface area is 160 Å². The van der Waals surface area contributed by atoms with E-state index < -0.39 is 21.1 Å². The van der Waals surface area contributed by atoms with Gasteiger partial charge in [-0.1, -0.05) is 17.7 Å². The smallest absolute Gasteiger partial charge is 0.337 e. The first-order valence-electron chi connectivity index (χ1n) is 7.92. The number of carbonyl (C=O) groups is 1. The summed E-state index contributed by atoms with van der Waals surface area (Å²) in [6.07, 6.45) is 0. The Morgan fingerprint density at radius 2 is 2.00 bits per heavy atom. The molecule has 2 aromatic heterocycles. The maximum absolute atomic E-state index is 13.2. The predicted molar refractivity (Wildman–Crippen MR) is 98.9 cm³/mol. The fourth-order valence-electron chi connectivity index (χ4n) is 2.75. The van der Waals surface area contributed by atoms with E-state index in [-0.39, 0.29) is 28.6 Å². The Kier molecular flexibility index (Phi) is 4.79. The minimum Gasteiger partial charge on any atom is -0.478 e. The first-order chi connectivity index (χ1) is 12.7. The van der Waals surface area contributed by atoms with Crippen molar-refractivity contribution in [2.75, 3.05) is 10.8 Å². The number of anilines is 1. The molecule has 0 saturated heterocycles. The van der Waals surface area contributed by atoms with Crippen molar-refractivity contribution < 1.29 is 18.3 Å². The predicted octanol–water partition coefficient (Wildman–Crippen LogP) is 2.31. The Morgan fingerprint density at radius 3 is 2.63 bits per heavy atom. The number of fused-ring (bicyclic) bond motifs is 1. The lowest BCUT2D eigenvalue weighted by atomic mass is 10.2. The fraction of sp³-hybridized carbons (Fsp3) is 0.250. The third-order valence-corrected chi connectivity index (χ3v) is 5.83. The van der Waals surface area contributed by atoms with Gasteiger partial charge in [0.25, 0.3) is 10.9 Å². The molecule has 0 bridgehead atoms. The van der Waals surface area contributed by atoms with Gasteiger partial charge in [0.05, 0.1) is 16.3 Å². The van der Waals surface area contributed by atoms with Gasteiger partial charge in [-0.25, -0.2) is 14.3 Å². The van der Waals surface area contributed by atoms with Crippen molar-refractivity contribution >= 4 is 39.1 Å². The van der Waals surface area contributed by atoms with Crippen LogP contribution in [0.3, 0.4) is 0 Å². The molecule has 1 N–H and O–H groups in total. The Balaban J connectivity index is 2.22. The number of benzene rings is 1. The first kappa shape index (κ1) is 19.1. The molecule has 0 aliphatic rings. The van der Waals surface area contributed by atoms with Crippen LogP contribution in [-0.4, -0.2) is 45.6 Å². The minimum absolute atomic E-state index is 0.00533. The van der Waals surface area contributed by atoms with E-state index in [1.807, 2.05) is 0 Å². The van der Waals surface area contributed by atoms with Crippen LogP contribution in [0, 0.1) is 13.8 Å². The number of rotatable bonds is 5. The highest BCUT2D eigenvalue weighted by Crippen LogP contribution is 2.33. The van der Waals surface area contributed by atoms with E-state index in [0.717, 1.165) is 4.31 Å². The molecule has 0 saturated carbocycles. The molecule has 142 valence electrons. The Bertz CT molecular complexity index is 1160. The molecular weight excluding hydrogens is 394 g/mol. The summed E-state index contributed by atoms with van der Waals surface area (Å²) in [7, 11) is -4.27. The van der Waals surface area contributed by atoms with E-state index in [1.165, 1.54) is 22.7 Å². The molecule has 11 heteroatoms. The van der Waals surface area contributed by atoms with Crippen molar-refractivity contribution in [3.05, 3.63) is 46.2 Å². The van der Waals surface area contributed by atoms with Crippen LogP contribution in [0.1, 0.15) is 28.7 Å². The summed E-state index contributed by atoms with van der Waals surface area (Å²) in [4.78, 5) is 19.8. The van der Waals surface area contributed by atoms with Gasteiger partial charge in [0.1, 0.15) is 0 Å². The second kappa shape index (κ2) is 6.78. The van der Waals surface area contributed by atoms with Gasteiger partial charge in [-0.2, -0.15) is 13.4 Å². The third-order valence-electron chi connectivity index (χ3n) is 3.87. The van der Waals surface area contributed by atoms with Crippen LogP contribution in [-0.2, 0) is 10.0 Å². The largest absolute Gasteiger partial charge is 0.478 e. The zero-order valence-electron chi connectivity index (χ0n) is 14.7. The first-order valence-corrected chi connectivity index (χ1v) is 9.74. The number of halogens is 1. The standard InChI is InChI=1S/C16H16ClN5O4S/c1-4-21(13-11(14(23)24)6-5-7-12(13)17)27(25,26)16-19-15-18-9(2)8-10(3)22(15)20-16/h5-8H,4H2,1-3H3,(H,23,24). The maximum atomic E-state index is 13.2. The number of carboxylic acids is 1. The monoisotopic (exact) mass is 409 g/mol. The molecule has 1 aromatic carbocycles. The second-order valence-corrected chi connectivity index (χ2v) is 7.92. The van der Waals surface area contributed by atoms with Crippen LogP contribution in [0.2, 0.25) is 5.02 Å². The summed E-state index contributed by atoms with van der Waals surface area (Å²) >= 11 is 6.14. The number of aromatic carboxylic acids is 1.